The molecule has 0 saturated heterocycles. The lowest BCUT2D eigenvalue weighted by Crippen LogP contribution is -2.32. The zero-order chi connectivity index (χ0) is 20.4. The third-order valence-electron chi connectivity index (χ3n) is 4.88. The SMILES string of the molecule is COc1ccc(N2C(=O)/C(=C\c3ccc(C)cc3)N=C2c2ccc(C)cc2)cc1. The fourth-order valence-corrected chi connectivity index (χ4v) is 3.20. The normalized spacial score (nSPS) is 15.0. The van der Waals surface area contributed by atoms with Gasteiger partial charge in [0.05, 0.1) is 12.8 Å². The minimum absolute atomic E-state index is 0.147. The molecule has 0 radical (unpaired) electrons. The summed E-state index contributed by atoms with van der Waals surface area (Å²) in [4.78, 5) is 19.7. The van der Waals surface area contributed by atoms with Gasteiger partial charge in [-0.05, 0) is 49.8 Å². The van der Waals surface area contributed by atoms with E-state index in [9.17, 15) is 4.79 Å². The van der Waals surface area contributed by atoms with Crippen LogP contribution in [0.2, 0.25) is 0 Å². The predicted octanol–water partition coefficient (Wildman–Crippen LogP) is 5.15. The number of carbonyl (C=O) groups is 1. The largest absolute Gasteiger partial charge is 0.497 e. The lowest BCUT2D eigenvalue weighted by Gasteiger charge is -2.19. The molecule has 144 valence electrons. The van der Waals surface area contributed by atoms with Gasteiger partial charge in [-0.2, -0.15) is 0 Å². The Labute approximate surface area is 170 Å². The molecule has 3 aromatic carbocycles. The van der Waals surface area contributed by atoms with Crippen molar-refractivity contribution in [3.8, 4) is 5.75 Å². The summed E-state index contributed by atoms with van der Waals surface area (Å²) in [6.07, 6.45) is 1.83. The van der Waals surface area contributed by atoms with Gasteiger partial charge in [0.15, 0.2) is 0 Å². The standard InChI is InChI=1S/C25H22N2O2/c1-17-4-8-19(9-5-17)16-23-25(28)27(21-12-14-22(29-3)15-13-21)24(26-23)20-10-6-18(2)7-11-20/h4-16H,1-3H3/b23-16+. The number of anilines is 1. The van der Waals surface area contributed by atoms with Crippen LogP contribution in [0.5, 0.6) is 5.75 Å². The van der Waals surface area contributed by atoms with Crippen molar-refractivity contribution >= 4 is 23.5 Å². The molecule has 1 aliphatic rings. The molecule has 4 rings (SSSR count). The van der Waals surface area contributed by atoms with E-state index in [4.69, 9.17) is 9.73 Å². The summed E-state index contributed by atoms with van der Waals surface area (Å²) in [7, 11) is 1.62. The van der Waals surface area contributed by atoms with Crippen LogP contribution in [0.4, 0.5) is 5.69 Å². The lowest BCUT2D eigenvalue weighted by molar-refractivity contribution is -0.113. The highest BCUT2D eigenvalue weighted by molar-refractivity contribution is 6.33. The van der Waals surface area contributed by atoms with E-state index >= 15 is 0 Å². The van der Waals surface area contributed by atoms with E-state index in [1.165, 1.54) is 5.56 Å². The Kier molecular flexibility index (Phi) is 5.00. The second-order valence-corrected chi connectivity index (χ2v) is 7.08. The number of carbonyl (C=O) groups excluding carboxylic acids is 1. The van der Waals surface area contributed by atoms with E-state index in [-0.39, 0.29) is 5.91 Å². The van der Waals surface area contributed by atoms with Gasteiger partial charge in [-0.15, -0.1) is 0 Å². The van der Waals surface area contributed by atoms with Crippen LogP contribution in [-0.2, 0) is 4.79 Å². The van der Waals surface area contributed by atoms with Gasteiger partial charge in [-0.3, -0.25) is 9.69 Å². The van der Waals surface area contributed by atoms with Crippen molar-refractivity contribution in [2.24, 2.45) is 4.99 Å². The minimum Gasteiger partial charge on any atom is -0.497 e. The number of ether oxygens (including phenoxy) is 1. The first-order chi connectivity index (χ1) is 14.0. The summed E-state index contributed by atoms with van der Waals surface area (Å²) >= 11 is 0. The van der Waals surface area contributed by atoms with Crippen molar-refractivity contribution in [2.45, 2.75) is 13.8 Å². The molecule has 0 N–H and O–H groups in total. The highest BCUT2D eigenvalue weighted by Crippen LogP contribution is 2.29. The maximum atomic E-state index is 13.3. The Balaban J connectivity index is 1.79. The molecular weight excluding hydrogens is 360 g/mol. The van der Waals surface area contributed by atoms with Crippen molar-refractivity contribution in [3.63, 3.8) is 0 Å². The van der Waals surface area contributed by atoms with E-state index in [1.54, 1.807) is 12.0 Å². The lowest BCUT2D eigenvalue weighted by atomic mass is 10.1. The second kappa shape index (κ2) is 7.76. The van der Waals surface area contributed by atoms with Crippen LogP contribution in [0.1, 0.15) is 22.3 Å². The molecule has 1 heterocycles. The monoisotopic (exact) mass is 382 g/mol. The summed E-state index contributed by atoms with van der Waals surface area (Å²) in [6, 6.07) is 23.5. The number of hydrogen-bond donors (Lipinski definition) is 0. The first-order valence-electron chi connectivity index (χ1n) is 9.48. The number of aryl methyl sites for hydroxylation is 2. The molecule has 0 spiro atoms. The van der Waals surface area contributed by atoms with E-state index in [0.29, 0.717) is 11.5 Å². The van der Waals surface area contributed by atoms with Crippen LogP contribution in [0, 0.1) is 13.8 Å². The van der Waals surface area contributed by atoms with Crippen LogP contribution in [0.3, 0.4) is 0 Å². The number of methoxy groups -OCH3 is 1. The summed E-state index contributed by atoms with van der Waals surface area (Å²) < 4.78 is 5.25. The number of benzene rings is 3. The topological polar surface area (TPSA) is 41.9 Å². The Morgan fingerprint density at radius 3 is 2.00 bits per heavy atom. The summed E-state index contributed by atoms with van der Waals surface area (Å²) in [5.74, 6) is 1.22. The zero-order valence-corrected chi connectivity index (χ0v) is 16.7. The van der Waals surface area contributed by atoms with Crippen LogP contribution < -0.4 is 9.64 Å². The van der Waals surface area contributed by atoms with Crippen LogP contribution in [0.15, 0.2) is 83.5 Å². The number of aliphatic imine (C=N–C) groups is 1. The van der Waals surface area contributed by atoms with Crippen LogP contribution in [0.25, 0.3) is 6.08 Å². The molecule has 0 unspecified atom stereocenters. The number of nitrogens with zero attached hydrogens (tertiary/aromatic N) is 2. The summed E-state index contributed by atoms with van der Waals surface area (Å²) in [6.45, 7) is 4.08. The van der Waals surface area contributed by atoms with Gasteiger partial charge < -0.3 is 4.74 Å². The third kappa shape index (κ3) is 3.83. The Morgan fingerprint density at radius 1 is 0.828 bits per heavy atom. The quantitative estimate of drug-likeness (QED) is 0.586. The summed E-state index contributed by atoms with van der Waals surface area (Å²) in [5.41, 5.74) is 5.34. The average molecular weight is 382 g/mol. The minimum atomic E-state index is -0.147. The molecule has 29 heavy (non-hydrogen) atoms. The summed E-state index contributed by atoms with van der Waals surface area (Å²) in [5, 5.41) is 0. The Morgan fingerprint density at radius 2 is 1.41 bits per heavy atom. The van der Waals surface area contributed by atoms with Gasteiger partial charge in [0, 0.05) is 5.56 Å². The van der Waals surface area contributed by atoms with Crippen molar-refractivity contribution in [3.05, 3.63) is 101 Å². The molecule has 3 aromatic rings. The molecule has 1 aliphatic heterocycles. The molecule has 4 heteroatoms. The first kappa shape index (κ1) is 18.7. The van der Waals surface area contributed by atoms with Gasteiger partial charge in [-0.25, -0.2) is 4.99 Å². The molecule has 4 nitrogen and oxygen atoms in total. The molecule has 0 saturated carbocycles. The highest BCUT2D eigenvalue weighted by Gasteiger charge is 2.32. The van der Waals surface area contributed by atoms with Crippen LogP contribution >= 0.6 is 0 Å². The Hall–Kier alpha value is -3.66. The third-order valence-corrected chi connectivity index (χ3v) is 4.88. The maximum absolute atomic E-state index is 13.3. The molecule has 0 fully saturated rings. The number of amides is 1. The molecule has 0 atom stereocenters. The van der Waals surface area contributed by atoms with E-state index in [2.05, 4.69) is 0 Å². The van der Waals surface area contributed by atoms with Gasteiger partial charge >= 0.3 is 0 Å². The first-order valence-corrected chi connectivity index (χ1v) is 9.48. The van der Waals surface area contributed by atoms with Gasteiger partial charge in [0.2, 0.25) is 0 Å². The average Bonchev–Trinajstić information content (AvgIpc) is 3.06. The fourth-order valence-electron chi connectivity index (χ4n) is 3.20. The van der Waals surface area contributed by atoms with Gasteiger partial charge in [-0.1, -0.05) is 59.7 Å². The van der Waals surface area contributed by atoms with E-state index in [0.717, 1.165) is 28.1 Å². The van der Waals surface area contributed by atoms with E-state index < -0.39 is 0 Å². The van der Waals surface area contributed by atoms with Crippen LogP contribution in [-0.4, -0.2) is 18.9 Å². The van der Waals surface area contributed by atoms with E-state index in [1.807, 2.05) is 92.7 Å². The highest BCUT2D eigenvalue weighted by atomic mass is 16.5. The number of rotatable bonds is 4. The molecular formula is C25H22N2O2. The molecule has 0 aromatic heterocycles. The molecule has 1 amide bonds. The zero-order valence-electron chi connectivity index (χ0n) is 16.7. The van der Waals surface area contributed by atoms with Gasteiger partial charge in [0.25, 0.3) is 5.91 Å². The smallest absolute Gasteiger partial charge is 0.282 e. The van der Waals surface area contributed by atoms with Crippen molar-refractivity contribution < 1.29 is 9.53 Å². The molecule has 0 aliphatic carbocycles. The Bertz CT molecular complexity index is 1090. The maximum Gasteiger partial charge on any atom is 0.282 e. The van der Waals surface area contributed by atoms with Crippen molar-refractivity contribution in [2.75, 3.05) is 12.0 Å². The van der Waals surface area contributed by atoms with Crippen molar-refractivity contribution in [1.29, 1.82) is 0 Å². The number of hydrogen-bond acceptors (Lipinski definition) is 3. The fraction of sp³-hybridized carbons (Fsp3) is 0.120. The predicted molar refractivity (Wildman–Crippen MR) is 117 cm³/mol. The molecule has 0 bridgehead atoms. The van der Waals surface area contributed by atoms with Gasteiger partial charge in [0.1, 0.15) is 17.3 Å². The number of amidine groups is 1. The second-order valence-electron chi connectivity index (χ2n) is 7.08. The van der Waals surface area contributed by atoms with Crippen molar-refractivity contribution in [1.82, 2.24) is 0 Å².